The van der Waals surface area contributed by atoms with Crippen molar-refractivity contribution >= 4 is 17.2 Å². The number of ether oxygens (including phenoxy) is 1. The van der Waals surface area contributed by atoms with Gasteiger partial charge in [0.1, 0.15) is 17.7 Å². The predicted molar refractivity (Wildman–Crippen MR) is 118 cm³/mol. The molecule has 0 spiro atoms. The molecule has 1 aliphatic heterocycles. The second-order valence-electron chi connectivity index (χ2n) is 7.76. The summed E-state index contributed by atoms with van der Waals surface area (Å²) in [6.45, 7) is 3.63. The van der Waals surface area contributed by atoms with Gasteiger partial charge in [-0.3, -0.25) is 9.69 Å². The van der Waals surface area contributed by atoms with Crippen LogP contribution in [0.1, 0.15) is 39.8 Å². The Morgan fingerprint density at radius 2 is 2.17 bits per heavy atom. The van der Waals surface area contributed by atoms with Crippen LogP contribution in [0, 0.1) is 12.8 Å². The molecule has 1 fully saturated rings. The van der Waals surface area contributed by atoms with Gasteiger partial charge >= 0.3 is 0 Å². The summed E-state index contributed by atoms with van der Waals surface area (Å²) in [6.07, 6.45) is 3.71. The number of rotatable bonds is 6. The van der Waals surface area contributed by atoms with Crippen LogP contribution in [-0.2, 0) is 0 Å². The molecule has 2 atom stereocenters. The van der Waals surface area contributed by atoms with Gasteiger partial charge in [0.15, 0.2) is 5.76 Å². The van der Waals surface area contributed by atoms with E-state index in [-0.39, 0.29) is 11.9 Å². The molecule has 3 heterocycles. The predicted octanol–water partition coefficient (Wildman–Crippen LogP) is 4.53. The number of likely N-dealkylation sites (tertiary alicyclic amines) is 1. The monoisotopic (exact) mass is 425 g/mol. The first kappa shape index (κ1) is 20.6. The van der Waals surface area contributed by atoms with E-state index in [1.807, 2.05) is 24.4 Å². The van der Waals surface area contributed by atoms with Crippen LogP contribution >= 0.6 is 11.3 Å². The summed E-state index contributed by atoms with van der Waals surface area (Å²) in [6, 6.07) is 10.3. The molecule has 0 bridgehead atoms. The minimum absolute atomic E-state index is 0.112. The topological polar surface area (TPSA) is 67.6 Å². The maximum atomic E-state index is 12.7. The molecule has 2 aromatic heterocycles. The molecule has 0 saturated carbocycles. The van der Waals surface area contributed by atoms with Crippen LogP contribution < -0.4 is 10.1 Å². The lowest BCUT2D eigenvalue weighted by Crippen LogP contribution is -2.41. The second-order valence-corrected chi connectivity index (χ2v) is 8.82. The van der Waals surface area contributed by atoms with E-state index >= 15 is 0 Å². The smallest absolute Gasteiger partial charge is 0.254 e. The standard InChI is InChI=1S/C23H27N3O3S/c1-15-25-20(14-30-15)21-11-18(13-29-21)23(27)24-12-17-5-4-10-26(2)22(17)16-6-8-19(28-3)9-7-16/h6-9,11,13-14,17,22H,4-5,10,12H2,1-3H3,(H,24,27). The molecular weight excluding hydrogens is 398 g/mol. The fraction of sp³-hybridized carbons (Fsp3) is 0.391. The van der Waals surface area contributed by atoms with Crippen LogP contribution in [-0.4, -0.2) is 43.0 Å². The molecule has 3 aromatic rings. The Morgan fingerprint density at radius 1 is 1.37 bits per heavy atom. The number of thiazole rings is 1. The lowest BCUT2D eigenvalue weighted by atomic mass is 9.85. The molecule has 30 heavy (non-hydrogen) atoms. The van der Waals surface area contributed by atoms with Gasteiger partial charge in [-0.1, -0.05) is 12.1 Å². The Bertz CT molecular complexity index is 995. The van der Waals surface area contributed by atoms with Gasteiger partial charge in [-0.15, -0.1) is 11.3 Å². The summed E-state index contributed by atoms with van der Waals surface area (Å²) in [5.41, 5.74) is 2.55. The lowest BCUT2D eigenvalue weighted by Gasteiger charge is -2.39. The number of nitrogens with one attached hydrogen (secondary N) is 1. The number of carbonyl (C=O) groups excluding carboxylic acids is 1. The molecule has 6 nitrogen and oxygen atoms in total. The fourth-order valence-corrected chi connectivity index (χ4v) is 4.80. The number of aromatic nitrogens is 1. The minimum Gasteiger partial charge on any atom is -0.497 e. The summed E-state index contributed by atoms with van der Waals surface area (Å²) in [7, 11) is 3.83. The normalized spacial score (nSPS) is 19.6. The zero-order valence-electron chi connectivity index (χ0n) is 17.6. The summed E-state index contributed by atoms with van der Waals surface area (Å²) >= 11 is 1.56. The summed E-state index contributed by atoms with van der Waals surface area (Å²) in [5.74, 6) is 1.71. The number of carbonyl (C=O) groups is 1. The van der Waals surface area contributed by atoms with E-state index in [2.05, 4.69) is 34.4 Å². The first-order chi connectivity index (χ1) is 14.5. The highest BCUT2D eigenvalue weighted by Gasteiger charge is 2.31. The van der Waals surface area contributed by atoms with Crippen molar-refractivity contribution in [3.63, 3.8) is 0 Å². The van der Waals surface area contributed by atoms with Crippen molar-refractivity contribution in [2.24, 2.45) is 5.92 Å². The Morgan fingerprint density at radius 3 is 2.87 bits per heavy atom. The van der Waals surface area contributed by atoms with Crippen LogP contribution in [0.4, 0.5) is 0 Å². The van der Waals surface area contributed by atoms with Crippen molar-refractivity contribution in [3.05, 3.63) is 58.1 Å². The van der Waals surface area contributed by atoms with Gasteiger partial charge in [-0.2, -0.15) is 0 Å². The second kappa shape index (κ2) is 9.02. The van der Waals surface area contributed by atoms with Crippen LogP contribution in [0.15, 0.2) is 46.4 Å². The molecule has 2 unspecified atom stereocenters. The van der Waals surface area contributed by atoms with Gasteiger partial charge in [0.2, 0.25) is 0 Å². The van der Waals surface area contributed by atoms with Crippen LogP contribution in [0.5, 0.6) is 5.75 Å². The van der Waals surface area contributed by atoms with Gasteiger partial charge in [0.25, 0.3) is 5.91 Å². The van der Waals surface area contributed by atoms with Crippen molar-refractivity contribution in [1.29, 1.82) is 0 Å². The lowest BCUT2D eigenvalue weighted by molar-refractivity contribution is 0.0890. The molecule has 158 valence electrons. The van der Waals surface area contributed by atoms with E-state index in [1.54, 1.807) is 24.5 Å². The van der Waals surface area contributed by atoms with Gasteiger partial charge in [-0.05, 0) is 63.0 Å². The van der Waals surface area contributed by atoms with Gasteiger partial charge in [0.05, 0.1) is 17.7 Å². The molecule has 7 heteroatoms. The molecule has 1 aliphatic rings. The summed E-state index contributed by atoms with van der Waals surface area (Å²) < 4.78 is 10.9. The van der Waals surface area contributed by atoms with Gasteiger partial charge in [0, 0.05) is 18.0 Å². The van der Waals surface area contributed by atoms with Crippen molar-refractivity contribution in [2.75, 3.05) is 27.2 Å². The van der Waals surface area contributed by atoms with E-state index in [4.69, 9.17) is 9.15 Å². The average Bonchev–Trinajstić information content (AvgIpc) is 3.41. The van der Waals surface area contributed by atoms with E-state index in [1.165, 1.54) is 11.8 Å². The zero-order chi connectivity index (χ0) is 21.1. The molecule has 1 N–H and O–H groups in total. The van der Waals surface area contributed by atoms with E-state index in [0.717, 1.165) is 35.8 Å². The molecule has 1 aromatic carbocycles. The molecule has 4 rings (SSSR count). The third-order valence-corrected chi connectivity index (χ3v) is 6.50. The Balaban J connectivity index is 1.43. The summed E-state index contributed by atoms with van der Waals surface area (Å²) in [5, 5.41) is 6.02. The number of amides is 1. The quantitative estimate of drug-likeness (QED) is 0.628. The number of nitrogens with zero attached hydrogens (tertiary/aromatic N) is 2. The van der Waals surface area contributed by atoms with Crippen molar-refractivity contribution in [1.82, 2.24) is 15.2 Å². The Labute approximate surface area is 180 Å². The van der Waals surface area contributed by atoms with Crippen LogP contribution in [0.25, 0.3) is 11.5 Å². The molecule has 1 saturated heterocycles. The maximum Gasteiger partial charge on any atom is 0.254 e. The molecule has 0 aliphatic carbocycles. The number of methoxy groups -OCH3 is 1. The number of furan rings is 1. The Kier molecular flexibility index (Phi) is 6.20. The average molecular weight is 426 g/mol. The van der Waals surface area contributed by atoms with E-state index in [9.17, 15) is 4.79 Å². The van der Waals surface area contributed by atoms with Gasteiger partial charge in [-0.25, -0.2) is 4.98 Å². The van der Waals surface area contributed by atoms with E-state index < -0.39 is 0 Å². The fourth-order valence-electron chi connectivity index (χ4n) is 4.19. The third-order valence-electron chi connectivity index (χ3n) is 5.72. The first-order valence-corrected chi connectivity index (χ1v) is 11.1. The SMILES string of the molecule is COc1ccc(C2C(CNC(=O)c3coc(-c4csc(C)n4)c3)CCCN2C)cc1. The Hall–Kier alpha value is -2.64. The van der Waals surface area contributed by atoms with E-state index in [0.29, 0.717) is 23.8 Å². The van der Waals surface area contributed by atoms with Crippen molar-refractivity contribution < 1.29 is 13.9 Å². The highest BCUT2D eigenvalue weighted by atomic mass is 32.1. The third kappa shape index (κ3) is 4.42. The summed E-state index contributed by atoms with van der Waals surface area (Å²) in [4.78, 5) is 19.5. The van der Waals surface area contributed by atoms with Crippen LogP contribution in [0.3, 0.4) is 0 Å². The number of aryl methyl sites for hydroxylation is 1. The highest BCUT2D eigenvalue weighted by Crippen LogP contribution is 2.35. The van der Waals surface area contributed by atoms with Crippen molar-refractivity contribution in [3.8, 4) is 17.2 Å². The number of benzene rings is 1. The first-order valence-electron chi connectivity index (χ1n) is 10.2. The number of piperidine rings is 1. The minimum atomic E-state index is -0.112. The number of hydrogen-bond acceptors (Lipinski definition) is 6. The van der Waals surface area contributed by atoms with Crippen molar-refractivity contribution in [2.45, 2.75) is 25.8 Å². The highest BCUT2D eigenvalue weighted by molar-refractivity contribution is 7.09. The maximum absolute atomic E-state index is 12.7. The van der Waals surface area contributed by atoms with Crippen LogP contribution in [0.2, 0.25) is 0 Å². The molecule has 1 amide bonds. The largest absolute Gasteiger partial charge is 0.497 e. The molecular formula is C23H27N3O3S. The molecule has 0 radical (unpaired) electrons. The van der Waals surface area contributed by atoms with Gasteiger partial charge < -0.3 is 14.5 Å². The zero-order valence-corrected chi connectivity index (χ0v) is 18.4. The number of hydrogen-bond donors (Lipinski definition) is 1.